The van der Waals surface area contributed by atoms with Gasteiger partial charge < -0.3 is 10.0 Å². The van der Waals surface area contributed by atoms with Crippen LogP contribution in [-0.2, 0) is 16.6 Å². The van der Waals surface area contributed by atoms with Gasteiger partial charge in [0.15, 0.2) is 16.4 Å². The van der Waals surface area contributed by atoms with Gasteiger partial charge >= 0.3 is 6.18 Å². The van der Waals surface area contributed by atoms with Crippen molar-refractivity contribution in [2.75, 3.05) is 38.6 Å². The van der Waals surface area contributed by atoms with Gasteiger partial charge in [-0.05, 0) is 46.0 Å². The van der Waals surface area contributed by atoms with Crippen molar-refractivity contribution in [2.45, 2.75) is 61.7 Å². The number of anilines is 1. The van der Waals surface area contributed by atoms with Crippen LogP contribution in [0.2, 0.25) is 0 Å². The fourth-order valence-electron chi connectivity index (χ4n) is 5.03. The third-order valence-corrected chi connectivity index (χ3v) is 9.79. The second-order valence-corrected chi connectivity index (χ2v) is 13.5. The van der Waals surface area contributed by atoms with Crippen LogP contribution in [0.25, 0.3) is 21.6 Å². The van der Waals surface area contributed by atoms with Gasteiger partial charge in [0.05, 0.1) is 22.2 Å². The monoisotopic (exact) mass is 649 g/mol. The zero-order chi connectivity index (χ0) is 31.5. The molecule has 1 saturated carbocycles. The molecule has 0 radical (unpaired) electrons. The summed E-state index contributed by atoms with van der Waals surface area (Å²) in [5, 5.41) is 30.4. The van der Waals surface area contributed by atoms with Crippen molar-refractivity contribution in [3.63, 3.8) is 0 Å². The Balaban J connectivity index is 1.71. The summed E-state index contributed by atoms with van der Waals surface area (Å²) < 4.78 is 98.1. The molecule has 2 atom stereocenters. The molecule has 1 saturated heterocycles. The molecule has 1 aliphatic heterocycles. The molecule has 5 rings (SSSR count). The lowest BCUT2D eigenvalue weighted by molar-refractivity contribution is -0.141. The average Bonchev–Trinajstić information content (AvgIpc) is 3.34. The van der Waals surface area contributed by atoms with Gasteiger partial charge in [-0.3, -0.25) is 14.5 Å². The van der Waals surface area contributed by atoms with Crippen molar-refractivity contribution < 1.29 is 35.5 Å². The fourth-order valence-corrected chi connectivity index (χ4v) is 7.15. The van der Waals surface area contributed by atoms with Gasteiger partial charge in [0.25, 0.3) is 6.43 Å². The predicted octanol–water partition coefficient (Wildman–Crippen LogP) is 2.74. The van der Waals surface area contributed by atoms with Crippen molar-refractivity contribution >= 4 is 38.0 Å². The summed E-state index contributed by atoms with van der Waals surface area (Å²) in [4.78, 5) is 4.73. The molecule has 3 heterocycles. The summed E-state index contributed by atoms with van der Waals surface area (Å²) in [5.74, 6) is 0. The Labute approximate surface area is 247 Å². The molecular formula is C24H28F5N9O3S2. The fraction of sp³-hybridized carbons (Fsp3) is 0.583. The number of piperazine rings is 1. The Bertz CT molecular complexity index is 1660. The standard InChI is InChI=1S/C24H28F5N9O3S2/c1-13-10-36(6-7-37(13)22(39)35(2)3)16-9-14(43(40,41)34-23(11-30)4-5-23)8-15-17(20-31-32-21(42-20)19(25)26)33-38(18(15)16)12-24(27,28)29/h8-9,13,19,22,34,39H,4-7,10,12H2,1-3H3/t13-,22?/m1/s1. The van der Waals surface area contributed by atoms with E-state index in [4.69, 9.17) is 0 Å². The highest BCUT2D eigenvalue weighted by molar-refractivity contribution is 7.89. The average molecular weight is 650 g/mol. The maximum absolute atomic E-state index is 13.8. The highest BCUT2D eigenvalue weighted by Crippen LogP contribution is 2.41. The maximum Gasteiger partial charge on any atom is 0.408 e. The molecule has 3 aromatic rings. The van der Waals surface area contributed by atoms with Gasteiger partial charge in [0.2, 0.25) is 10.0 Å². The van der Waals surface area contributed by atoms with E-state index in [9.17, 15) is 40.7 Å². The molecule has 19 heteroatoms. The second-order valence-electron chi connectivity index (χ2n) is 10.8. The molecule has 2 fully saturated rings. The van der Waals surface area contributed by atoms with Gasteiger partial charge in [-0.1, -0.05) is 11.3 Å². The normalized spacial score (nSPS) is 20.2. The molecule has 1 aromatic carbocycles. The van der Waals surface area contributed by atoms with E-state index in [0.29, 0.717) is 28.9 Å². The summed E-state index contributed by atoms with van der Waals surface area (Å²) in [6.45, 7) is 0.939. The van der Waals surface area contributed by atoms with Gasteiger partial charge in [0, 0.05) is 31.1 Å². The highest BCUT2D eigenvalue weighted by atomic mass is 32.2. The van der Waals surface area contributed by atoms with Crippen LogP contribution in [0.15, 0.2) is 17.0 Å². The van der Waals surface area contributed by atoms with E-state index >= 15 is 0 Å². The zero-order valence-electron chi connectivity index (χ0n) is 23.2. The number of rotatable bonds is 9. The topological polar surface area (TPSA) is 144 Å². The summed E-state index contributed by atoms with van der Waals surface area (Å²) in [6.07, 6.45) is -8.07. The molecule has 0 amide bonds. The summed E-state index contributed by atoms with van der Waals surface area (Å²) in [7, 11) is -0.996. The van der Waals surface area contributed by atoms with E-state index in [1.165, 1.54) is 6.07 Å². The van der Waals surface area contributed by atoms with E-state index in [1.807, 2.05) is 13.0 Å². The highest BCUT2D eigenvalue weighted by Gasteiger charge is 2.47. The third kappa shape index (κ3) is 6.30. The number of nitriles is 1. The van der Waals surface area contributed by atoms with Crippen LogP contribution in [-0.4, -0.2) is 101 Å². The maximum atomic E-state index is 13.8. The largest absolute Gasteiger partial charge is 0.408 e. The molecular weight excluding hydrogens is 621 g/mol. The molecule has 2 N–H and O–H groups in total. The lowest BCUT2D eigenvalue weighted by Crippen LogP contribution is -2.58. The Morgan fingerprint density at radius 1 is 1.26 bits per heavy atom. The van der Waals surface area contributed by atoms with Gasteiger partial charge in [0.1, 0.15) is 17.8 Å². The number of aromatic nitrogens is 4. The quantitative estimate of drug-likeness (QED) is 0.262. The lowest BCUT2D eigenvalue weighted by atomic mass is 10.1. The molecule has 1 unspecified atom stereocenters. The first-order chi connectivity index (χ1) is 20.0. The number of alkyl halides is 5. The number of fused-ring (bicyclic) bond motifs is 1. The summed E-state index contributed by atoms with van der Waals surface area (Å²) in [5.41, 5.74) is -1.49. The molecule has 2 aliphatic rings. The van der Waals surface area contributed by atoms with Gasteiger partial charge in [-0.2, -0.15) is 28.3 Å². The molecule has 1 aliphatic carbocycles. The third-order valence-electron chi connectivity index (χ3n) is 7.34. The van der Waals surface area contributed by atoms with Crippen molar-refractivity contribution in [1.82, 2.24) is 34.5 Å². The Hall–Kier alpha value is -3.02. The molecule has 0 bridgehead atoms. The zero-order valence-corrected chi connectivity index (χ0v) is 24.8. The number of aliphatic hydroxyl groups is 1. The van der Waals surface area contributed by atoms with Gasteiger partial charge in [-0.25, -0.2) is 17.2 Å². The first-order valence-corrected chi connectivity index (χ1v) is 15.4. The second kappa shape index (κ2) is 11.2. The van der Waals surface area contributed by atoms with Crippen molar-refractivity contribution in [3.05, 3.63) is 17.1 Å². The number of nitrogens with zero attached hydrogens (tertiary/aromatic N) is 8. The van der Waals surface area contributed by atoms with E-state index < -0.39 is 46.1 Å². The number of aliphatic hydroxyl groups excluding tert-OH is 1. The van der Waals surface area contributed by atoms with Crippen LogP contribution >= 0.6 is 11.3 Å². The van der Waals surface area contributed by atoms with E-state index in [1.54, 1.807) is 28.8 Å². The molecule has 2 aromatic heterocycles. The van der Waals surface area contributed by atoms with Crippen molar-refractivity contribution in [1.29, 1.82) is 5.26 Å². The van der Waals surface area contributed by atoms with E-state index in [0.717, 1.165) is 6.07 Å². The number of sulfonamides is 1. The minimum Gasteiger partial charge on any atom is -0.367 e. The van der Waals surface area contributed by atoms with E-state index in [-0.39, 0.29) is 57.9 Å². The molecule has 12 nitrogen and oxygen atoms in total. The molecule has 43 heavy (non-hydrogen) atoms. The SMILES string of the molecule is C[C@@H]1CN(c2cc(S(=O)(=O)NC3(C#N)CC3)cc3c(-c4nnc(C(F)F)s4)nn(CC(F)(F)F)c23)CCN1C(O)N(C)C. The van der Waals surface area contributed by atoms with Crippen LogP contribution < -0.4 is 9.62 Å². The Morgan fingerprint density at radius 2 is 1.95 bits per heavy atom. The van der Waals surface area contributed by atoms with Crippen LogP contribution in [0.3, 0.4) is 0 Å². The number of benzene rings is 1. The van der Waals surface area contributed by atoms with Crippen LogP contribution in [0.1, 0.15) is 31.2 Å². The number of hydrogen-bond donors (Lipinski definition) is 2. The first-order valence-electron chi connectivity index (χ1n) is 13.1. The van der Waals surface area contributed by atoms with Crippen molar-refractivity contribution in [2.24, 2.45) is 0 Å². The van der Waals surface area contributed by atoms with Crippen LogP contribution in [0.5, 0.6) is 0 Å². The van der Waals surface area contributed by atoms with Crippen LogP contribution in [0, 0.1) is 11.3 Å². The number of halogens is 5. The predicted molar refractivity (Wildman–Crippen MR) is 146 cm³/mol. The van der Waals surface area contributed by atoms with Gasteiger partial charge in [-0.15, -0.1) is 10.2 Å². The minimum absolute atomic E-state index is 0.0655. The molecule has 234 valence electrons. The van der Waals surface area contributed by atoms with Crippen LogP contribution in [0.4, 0.5) is 27.6 Å². The number of hydrogen-bond acceptors (Lipinski definition) is 11. The molecule has 0 spiro atoms. The number of nitrogens with one attached hydrogen (secondary N) is 1. The van der Waals surface area contributed by atoms with Crippen molar-refractivity contribution in [3.8, 4) is 16.8 Å². The van der Waals surface area contributed by atoms with E-state index in [2.05, 4.69) is 20.0 Å². The Kier molecular flexibility index (Phi) is 8.15. The summed E-state index contributed by atoms with van der Waals surface area (Å²) in [6, 6.07) is 3.97. The summed E-state index contributed by atoms with van der Waals surface area (Å²) >= 11 is 0.435. The Morgan fingerprint density at radius 3 is 2.49 bits per heavy atom. The smallest absolute Gasteiger partial charge is 0.367 e. The lowest BCUT2D eigenvalue weighted by Gasteiger charge is -2.44. The first kappa shape index (κ1) is 31.4. The minimum atomic E-state index is -4.73.